The maximum Gasteiger partial charge on any atom is 0.193 e. The van der Waals surface area contributed by atoms with Crippen molar-refractivity contribution in [2.75, 3.05) is 13.1 Å². The minimum atomic E-state index is 0.782. The van der Waals surface area contributed by atoms with E-state index in [2.05, 4.69) is 43.6 Å². The summed E-state index contributed by atoms with van der Waals surface area (Å²) in [5.74, 6) is 0. The van der Waals surface area contributed by atoms with Crippen molar-refractivity contribution >= 4 is 16.3 Å². The Morgan fingerprint density at radius 1 is 1.25 bits per heavy atom. The van der Waals surface area contributed by atoms with Gasteiger partial charge in [0.05, 0.1) is 24.3 Å². The molecule has 3 aromatic heterocycles. The van der Waals surface area contributed by atoms with Gasteiger partial charge in [0.2, 0.25) is 0 Å². The number of imidazole rings is 2. The molecule has 0 aliphatic rings. The first kappa shape index (κ1) is 13.3. The predicted molar refractivity (Wildman–Crippen MR) is 81.3 cm³/mol. The van der Waals surface area contributed by atoms with Crippen LogP contribution in [0.1, 0.15) is 24.7 Å². The largest absolute Gasteiger partial charge is 0.331 e. The monoisotopic (exact) mass is 289 g/mol. The quantitative estimate of drug-likeness (QED) is 0.678. The van der Waals surface area contributed by atoms with Gasteiger partial charge in [0.1, 0.15) is 0 Å². The van der Waals surface area contributed by atoms with Gasteiger partial charge < -0.3 is 9.88 Å². The van der Waals surface area contributed by atoms with Crippen LogP contribution in [0.2, 0.25) is 0 Å². The molecule has 0 unspecified atom stereocenters. The lowest BCUT2D eigenvalue weighted by Crippen LogP contribution is -2.17. The van der Waals surface area contributed by atoms with Crippen molar-refractivity contribution in [2.45, 2.75) is 26.3 Å². The Labute approximate surface area is 122 Å². The van der Waals surface area contributed by atoms with Gasteiger partial charge in [-0.2, -0.15) is 0 Å². The molecule has 3 heterocycles. The van der Waals surface area contributed by atoms with E-state index in [-0.39, 0.29) is 0 Å². The molecule has 0 atom stereocenters. The van der Waals surface area contributed by atoms with E-state index in [1.165, 1.54) is 6.42 Å². The average molecular weight is 289 g/mol. The van der Waals surface area contributed by atoms with Crippen molar-refractivity contribution in [3.8, 4) is 0 Å². The zero-order chi connectivity index (χ0) is 13.8. The number of thiazole rings is 1. The summed E-state index contributed by atoms with van der Waals surface area (Å²) < 4.78 is 4.16. The summed E-state index contributed by atoms with van der Waals surface area (Å²) in [5, 5.41) is 5.44. The van der Waals surface area contributed by atoms with E-state index in [1.54, 1.807) is 11.3 Å². The smallest absolute Gasteiger partial charge is 0.193 e. The first-order valence-corrected chi connectivity index (χ1v) is 7.85. The molecule has 0 amide bonds. The van der Waals surface area contributed by atoms with Crippen molar-refractivity contribution in [1.29, 1.82) is 0 Å². The van der Waals surface area contributed by atoms with Crippen LogP contribution in [0, 0.1) is 0 Å². The molecule has 0 saturated carbocycles. The van der Waals surface area contributed by atoms with Gasteiger partial charge in [-0.25, -0.2) is 9.97 Å². The number of fused-ring (bicyclic) bond motifs is 1. The molecule has 3 rings (SSSR count). The molecule has 0 radical (unpaired) electrons. The molecule has 0 aromatic carbocycles. The Balaban J connectivity index is 1.57. The molecule has 106 valence electrons. The fourth-order valence-corrected chi connectivity index (χ4v) is 2.90. The molecule has 1 N–H and O–H groups in total. The third-order valence-electron chi connectivity index (χ3n) is 3.16. The van der Waals surface area contributed by atoms with Gasteiger partial charge in [-0.3, -0.25) is 4.40 Å². The molecule has 0 aliphatic carbocycles. The van der Waals surface area contributed by atoms with Crippen LogP contribution < -0.4 is 5.32 Å². The van der Waals surface area contributed by atoms with Gasteiger partial charge >= 0.3 is 0 Å². The van der Waals surface area contributed by atoms with Gasteiger partial charge in [-0.15, -0.1) is 11.3 Å². The molecule has 0 spiro atoms. The SMILES string of the molecule is CCCNCCc1cn(Cc2cn3ccsc3n2)cn1. The summed E-state index contributed by atoms with van der Waals surface area (Å²) in [6.45, 7) is 5.03. The lowest BCUT2D eigenvalue weighted by molar-refractivity contribution is 0.666. The Morgan fingerprint density at radius 3 is 3.05 bits per heavy atom. The first-order chi connectivity index (χ1) is 9.85. The summed E-state index contributed by atoms with van der Waals surface area (Å²) in [6.07, 6.45) is 10.3. The normalized spacial score (nSPS) is 11.4. The van der Waals surface area contributed by atoms with Crippen LogP contribution in [0.25, 0.3) is 4.96 Å². The van der Waals surface area contributed by atoms with Crippen LogP contribution in [0.4, 0.5) is 0 Å². The summed E-state index contributed by atoms with van der Waals surface area (Å²) in [6, 6.07) is 0. The number of nitrogens with one attached hydrogen (secondary N) is 1. The van der Waals surface area contributed by atoms with Crippen LogP contribution >= 0.6 is 11.3 Å². The Morgan fingerprint density at radius 2 is 2.20 bits per heavy atom. The second kappa shape index (κ2) is 6.19. The van der Waals surface area contributed by atoms with Crippen molar-refractivity contribution in [2.24, 2.45) is 0 Å². The molecule has 0 fully saturated rings. The lowest BCUT2D eigenvalue weighted by atomic mass is 10.3. The van der Waals surface area contributed by atoms with E-state index < -0.39 is 0 Å². The molecule has 6 heteroatoms. The topological polar surface area (TPSA) is 47.2 Å². The van der Waals surface area contributed by atoms with Gasteiger partial charge in [0.25, 0.3) is 0 Å². The van der Waals surface area contributed by atoms with E-state index in [0.29, 0.717) is 0 Å². The standard InChI is InChI=1S/C14H19N5S/c1-2-4-15-5-3-12-8-18(11-16-12)9-13-10-19-6-7-20-14(19)17-13/h6-8,10-11,15H,2-5,9H2,1H3. The van der Waals surface area contributed by atoms with Crippen LogP contribution in [0.3, 0.4) is 0 Å². The fourth-order valence-electron chi connectivity index (χ4n) is 2.18. The highest BCUT2D eigenvalue weighted by Gasteiger charge is 2.04. The van der Waals surface area contributed by atoms with Gasteiger partial charge in [0, 0.05) is 36.9 Å². The average Bonchev–Trinajstić information content (AvgIpc) is 3.11. The summed E-state index contributed by atoms with van der Waals surface area (Å²) in [7, 11) is 0. The highest BCUT2D eigenvalue weighted by molar-refractivity contribution is 7.15. The number of hydrogen-bond acceptors (Lipinski definition) is 4. The number of hydrogen-bond donors (Lipinski definition) is 1. The molecule has 0 saturated heterocycles. The summed E-state index contributed by atoms with van der Waals surface area (Å²) >= 11 is 1.66. The van der Waals surface area contributed by atoms with E-state index >= 15 is 0 Å². The minimum absolute atomic E-state index is 0.782. The second-order valence-corrected chi connectivity index (χ2v) is 5.74. The fraction of sp³-hybridized carbons (Fsp3) is 0.429. The molecular weight excluding hydrogens is 270 g/mol. The summed E-state index contributed by atoms with van der Waals surface area (Å²) in [5.41, 5.74) is 2.21. The van der Waals surface area contributed by atoms with Crippen molar-refractivity contribution in [3.05, 3.63) is 41.7 Å². The Hall–Kier alpha value is -1.66. The van der Waals surface area contributed by atoms with E-state index in [0.717, 1.165) is 42.4 Å². The maximum atomic E-state index is 4.58. The van der Waals surface area contributed by atoms with E-state index in [4.69, 9.17) is 0 Å². The predicted octanol–water partition coefficient (Wildman–Crippen LogP) is 2.18. The zero-order valence-electron chi connectivity index (χ0n) is 11.6. The van der Waals surface area contributed by atoms with Gasteiger partial charge in [0.15, 0.2) is 4.96 Å². The number of aromatic nitrogens is 4. The Bertz CT molecular complexity index is 637. The minimum Gasteiger partial charge on any atom is -0.331 e. The van der Waals surface area contributed by atoms with Crippen molar-refractivity contribution in [1.82, 2.24) is 24.3 Å². The molecule has 5 nitrogen and oxygen atoms in total. The second-order valence-electron chi connectivity index (χ2n) is 4.86. The maximum absolute atomic E-state index is 4.58. The Kier molecular flexibility index (Phi) is 4.13. The third kappa shape index (κ3) is 3.08. The number of nitrogens with zero attached hydrogens (tertiary/aromatic N) is 4. The van der Waals surface area contributed by atoms with Gasteiger partial charge in [-0.05, 0) is 13.0 Å². The molecule has 3 aromatic rings. The van der Waals surface area contributed by atoms with Crippen LogP contribution in [-0.4, -0.2) is 32.0 Å². The lowest BCUT2D eigenvalue weighted by Gasteiger charge is -2.00. The van der Waals surface area contributed by atoms with E-state index in [9.17, 15) is 0 Å². The van der Waals surface area contributed by atoms with Crippen molar-refractivity contribution < 1.29 is 0 Å². The highest BCUT2D eigenvalue weighted by atomic mass is 32.1. The van der Waals surface area contributed by atoms with E-state index in [1.807, 2.05) is 17.9 Å². The molecule has 0 aliphatic heterocycles. The molecule has 0 bridgehead atoms. The first-order valence-electron chi connectivity index (χ1n) is 6.97. The third-order valence-corrected chi connectivity index (χ3v) is 3.93. The molecular formula is C14H19N5S. The van der Waals surface area contributed by atoms with Crippen LogP contribution in [-0.2, 0) is 13.0 Å². The van der Waals surface area contributed by atoms with Crippen LogP contribution in [0.5, 0.6) is 0 Å². The van der Waals surface area contributed by atoms with Crippen molar-refractivity contribution in [3.63, 3.8) is 0 Å². The highest BCUT2D eigenvalue weighted by Crippen LogP contribution is 2.12. The number of rotatable bonds is 7. The zero-order valence-corrected chi connectivity index (χ0v) is 12.4. The van der Waals surface area contributed by atoms with Crippen LogP contribution in [0.15, 0.2) is 30.3 Å². The van der Waals surface area contributed by atoms with Gasteiger partial charge in [-0.1, -0.05) is 6.92 Å². The summed E-state index contributed by atoms with van der Waals surface area (Å²) in [4.78, 5) is 10.1. The molecule has 20 heavy (non-hydrogen) atoms.